The van der Waals surface area contributed by atoms with Gasteiger partial charge in [-0.3, -0.25) is 20.4 Å². The van der Waals surface area contributed by atoms with Crippen LogP contribution in [0.4, 0.5) is 5.69 Å². The summed E-state index contributed by atoms with van der Waals surface area (Å²) in [6.45, 7) is 7.19. The van der Waals surface area contributed by atoms with Gasteiger partial charge < -0.3 is 15.1 Å². The van der Waals surface area contributed by atoms with Crippen molar-refractivity contribution < 1.29 is 14.0 Å². The van der Waals surface area contributed by atoms with E-state index < -0.39 is 5.91 Å². The molecule has 0 spiro atoms. The first-order valence-corrected chi connectivity index (χ1v) is 8.45. The average molecular weight is 374 g/mol. The first-order valence-electron chi connectivity index (χ1n) is 8.04. The molecule has 0 unspecified atom stereocenters. The second-order valence-corrected chi connectivity index (χ2v) is 6.36. The monoisotopic (exact) mass is 374 g/mol. The highest BCUT2D eigenvalue weighted by Crippen LogP contribution is 2.16. The van der Waals surface area contributed by atoms with Gasteiger partial charge in [0, 0.05) is 5.69 Å². The number of carbonyl (C=O) groups excluding carboxylic acids is 2. The maximum atomic E-state index is 12.0. The Labute approximate surface area is 157 Å². The number of benzene rings is 1. The third-order valence-corrected chi connectivity index (χ3v) is 3.86. The molecule has 1 heterocycles. The number of rotatable bonds is 4. The topological polar surface area (TPSA) is 95.4 Å². The van der Waals surface area contributed by atoms with Gasteiger partial charge in [0.25, 0.3) is 11.8 Å². The van der Waals surface area contributed by atoms with Crippen LogP contribution in [0.25, 0.3) is 0 Å². The van der Waals surface area contributed by atoms with Gasteiger partial charge in [-0.2, -0.15) is 0 Å². The van der Waals surface area contributed by atoms with E-state index >= 15 is 0 Å². The average Bonchev–Trinajstić information content (AvgIpc) is 2.92. The van der Waals surface area contributed by atoms with Crippen LogP contribution in [0.1, 0.15) is 33.0 Å². The number of aryl methyl sites for hydroxylation is 4. The Bertz CT molecular complexity index is 845. The molecule has 7 nitrogen and oxygen atoms in total. The van der Waals surface area contributed by atoms with E-state index in [1.165, 1.54) is 0 Å². The van der Waals surface area contributed by atoms with Crippen LogP contribution in [0.5, 0.6) is 0 Å². The molecule has 0 radical (unpaired) electrons. The molecule has 8 heteroatoms. The molecule has 26 heavy (non-hydrogen) atoms. The van der Waals surface area contributed by atoms with E-state index in [0.29, 0.717) is 17.1 Å². The molecular formula is C18H22N4O3S. The molecule has 2 aromatic rings. The Morgan fingerprint density at radius 3 is 2.46 bits per heavy atom. The van der Waals surface area contributed by atoms with E-state index in [1.54, 1.807) is 19.9 Å². The summed E-state index contributed by atoms with van der Waals surface area (Å²) in [6, 6.07) is 7.57. The van der Waals surface area contributed by atoms with Crippen LogP contribution in [0, 0.1) is 27.7 Å². The summed E-state index contributed by atoms with van der Waals surface area (Å²) in [7, 11) is 0. The Hall–Kier alpha value is -2.87. The highest BCUT2D eigenvalue weighted by atomic mass is 32.1. The van der Waals surface area contributed by atoms with Crippen molar-refractivity contribution in [1.29, 1.82) is 0 Å². The summed E-state index contributed by atoms with van der Waals surface area (Å²) in [5.41, 5.74) is 8.44. The van der Waals surface area contributed by atoms with Gasteiger partial charge in [-0.1, -0.05) is 12.1 Å². The molecule has 1 aromatic carbocycles. The molecule has 0 aliphatic heterocycles. The normalized spacial score (nSPS) is 10.2. The van der Waals surface area contributed by atoms with Crippen LogP contribution in [0.15, 0.2) is 28.7 Å². The lowest BCUT2D eigenvalue weighted by molar-refractivity contribution is -0.120. The highest BCUT2D eigenvalue weighted by Gasteiger charge is 2.14. The zero-order chi connectivity index (χ0) is 19.3. The third kappa shape index (κ3) is 5.32. The van der Waals surface area contributed by atoms with Gasteiger partial charge in [-0.15, -0.1) is 0 Å². The van der Waals surface area contributed by atoms with E-state index in [1.807, 2.05) is 32.0 Å². The molecule has 0 aliphatic carbocycles. The van der Waals surface area contributed by atoms with E-state index in [0.717, 1.165) is 16.8 Å². The predicted octanol–water partition coefficient (Wildman–Crippen LogP) is 2.26. The summed E-state index contributed by atoms with van der Waals surface area (Å²) in [5, 5.41) is 5.79. The molecule has 2 rings (SSSR count). The molecule has 138 valence electrons. The van der Waals surface area contributed by atoms with Gasteiger partial charge in [0.2, 0.25) is 0 Å². The van der Waals surface area contributed by atoms with Crippen LogP contribution < -0.4 is 21.5 Å². The quantitative estimate of drug-likeness (QED) is 0.484. The van der Waals surface area contributed by atoms with Crippen molar-refractivity contribution in [2.24, 2.45) is 0 Å². The van der Waals surface area contributed by atoms with Gasteiger partial charge in [0.15, 0.2) is 5.11 Å². The minimum Gasteiger partial charge on any atom is -0.466 e. The Morgan fingerprint density at radius 1 is 1.08 bits per heavy atom. The van der Waals surface area contributed by atoms with Crippen molar-refractivity contribution in [2.45, 2.75) is 27.7 Å². The molecule has 1 aromatic heterocycles. The van der Waals surface area contributed by atoms with Crippen LogP contribution in [0.3, 0.4) is 0 Å². The van der Waals surface area contributed by atoms with Crippen LogP contribution in [-0.4, -0.2) is 23.5 Å². The van der Waals surface area contributed by atoms with E-state index in [2.05, 4.69) is 21.5 Å². The fourth-order valence-corrected chi connectivity index (χ4v) is 2.47. The number of amides is 2. The van der Waals surface area contributed by atoms with Crippen molar-refractivity contribution >= 4 is 34.8 Å². The standard InChI is InChI=1S/C18H22N4O3S/c1-10-5-6-11(2)15(7-10)20-18(26)22-21-16(23)9-19-17(24)14-8-12(3)25-13(14)4/h5-8H,9H2,1-4H3,(H,19,24)(H,21,23)(H2,20,22,26). The number of nitrogens with one attached hydrogen (secondary N) is 4. The van der Waals surface area contributed by atoms with Crippen LogP contribution in [-0.2, 0) is 4.79 Å². The molecule has 0 saturated heterocycles. The molecule has 2 amide bonds. The van der Waals surface area contributed by atoms with Crippen molar-refractivity contribution in [3.05, 3.63) is 52.5 Å². The summed E-state index contributed by atoms with van der Waals surface area (Å²) < 4.78 is 5.30. The highest BCUT2D eigenvalue weighted by molar-refractivity contribution is 7.80. The molecule has 4 N–H and O–H groups in total. The fourth-order valence-electron chi connectivity index (χ4n) is 2.31. The Morgan fingerprint density at radius 2 is 1.81 bits per heavy atom. The third-order valence-electron chi connectivity index (χ3n) is 3.65. The van der Waals surface area contributed by atoms with Crippen molar-refractivity contribution in [3.63, 3.8) is 0 Å². The first kappa shape index (κ1) is 19.5. The maximum Gasteiger partial charge on any atom is 0.257 e. The van der Waals surface area contributed by atoms with Gasteiger partial charge in [-0.25, -0.2) is 0 Å². The lowest BCUT2D eigenvalue weighted by atomic mass is 10.1. The van der Waals surface area contributed by atoms with Crippen molar-refractivity contribution in [2.75, 3.05) is 11.9 Å². The smallest absolute Gasteiger partial charge is 0.257 e. The predicted molar refractivity (Wildman–Crippen MR) is 104 cm³/mol. The molecule has 0 saturated carbocycles. The van der Waals surface area contributed by atoms with Crippen molar-refractivity contribution in [3.8, 4) is 0 Å². The van der Waals surface area contributed by atoms with Crippen LogP contribution >= 0.6 is 12.2 Å². The zero-order valence-electron chi connectivity index (χ0n) is 15.1. The summed E-state index contributed by atoms with van der Waals surface area (Å²) in [4.78, 5) is 23.9. The Balaban J connectivity index is 1.77. The van der Waals surface area contributed by atoms with Gasteiger partial charge >= 0.3 is 0 Å². The zero-order valence-corrected chi connectivity index (χ0v) is 16.0. The fraction of sp³-hybridized carbons (Fsp3) is 0.278. The van der Waals surface area contributed by atoms with Gasteiger partial charge in [-0.05, 0) is 63.2 Å². The lowest BCUT2D eigenvalue weighted by Gasteiger charge is -2.14. The molecule has 0 atom stereocenters. The van der Waals surface area contributed by atoms with E-state index in [-0.39, 0.29) is 17.6 Å². The number of thiocarbonyl (C=S) groups is 1. The van der Waals surface area contributed by atoms with E-state index in [4.69, 9.17) is 16.6 Å². The first-order chi connectivity index (χ1) is 12.3. The largest absolute Gasteiger partial charge is 0.466 e. The summed E-state index contributed by atoms with van der Waals surface area (Å²) in [6.07, 6.45) is 0. The minimum atomic E-state index is -0.429. The van der Waals surface area contributed by atoms with E-state index in [9.17, 15) is 9.59 Å². The maximum absolute atomic E-state index is 12.0. The number of anilines is 1. The van der Waals surface area contributed by atoms with Gasteiger partial charge in [0.05, 0.1) is 12.1 Å². The van der Waals surface area contributed by atoms with Crippen molar-refractivity contribution in [1.82, 2.24) is 16.2 Å². The molecular weight excluding hydrogens is 352 g/mol. The SMILES string of the molecule is Cc1ccc(C)c(NC(=S)NNC(=O)CNC(=O)c2cc(C)oc2C)c1. The number of hydrazine groups is 1. The molecule has 0 aliphatic rings. The van der Waals surface area contributed by atoms with Gasteiger partial charge in [0.1, 0.15) is 11.5 Å². The minimum absolute atomic E-state index is 0.193. The summed E-state index contributed by atoms with van der Waals surface area (Å²) >= 11 is 5.15. The second-order valence-electron chi connectivity index (χ2n) is 5.96. The lowest BCUT2D eigenvalue weighted by Crippen LogP contribution is -2.47. The molecule has 0 bridgehead atoms. The number of carbonyl (C=O) groups is 2. The number of furan rings is 1. The van der Waals surface area contributed by atoms with Crippen LogP contribution in [0.2, 0.25) is 0 Å². The number of hydrogen-bond acceptors (Lipinski definition) is 4. The second kappa shape index (κ2) is 8.48. The Kier molecular flexibility index (Phi) is 6.35. The summed E-state index contributed by atoms with van der Waals surface area (Å²) in [5.74, 6) is 0.353. The number of hydrogen-bond donors (Lipinski definition) is 4. The molecule has 0 fully saturated rings.